The van der Waals surface area contributed by atoms with Crippen LogP contribution in [-0.4, -0.2) is 54.3 Å². The molecule has 0 aliphatic rings. The molecule has 0 heterocycles. The number of aliphatic hydroxyl groups excluding tert-OH is 1. The van der Waals surface area contributed by atoms with Crippen molar-refractivity contribution in [3.63, 3.8) is 0 Å². The number of carbonyl (C=O) groups is 2. The van der Waals surface area contributed by atoms with E-state index in [1.165, 1.54) is 0 Å². The van der Waals surface area contributed by atoms with Crippen molar-refractivity contribution < 1.29 is 37.9 Å². The molecule has 0 saturated carbocycles. The van der Waals surface area contributed by atoms with Crippen LogP contribution in [0.4, 0.5) is 0 Å². The van der Waals surface area contributed by atoms with Crippen LogP contribution in [0.3, 0.4) is 0 Å². The highest BCUT2D eigenvalue weighted by atomic mass is 31.2. The zero-order valence-electron chi connectivity index (χ0n) is 23.8. The predicted octanol–water partition coefficient (Wildman–Crippen LogP) is 6.09. The summed E-state index contributed by atoms with van der Waals surface area (Å²) in [6.07, 6.45) is 25.5. The normalized spacial score (nSPS) is 14.5. The minimum Gasteiger partial charge on any atom is -0.463 e. The maximum absolute atomic E-state index is 11.8. The fourth-order valence-electron chi connectivity index (χ4n) is 3.13. The van der Waals surface area contributed by atoms with E-state index in [2.05, 4.69) is 60.8 Å². The minimum atomic E-state index is -4.39. The van der Waals surface area contributed by atoms with E-state index in [0.717, 1.165) is 57.8 Å². The van der Waals surface area contributed by atoms with Gasteiger partial charge in [-0.3, -0.25) is 18.6 Å². The Hall–Kier alpha value is -2.03. The second kappa shape index (κ2) is 26.2. The average molecular weight is 572 g/mol. The summed E-state index contributed by atoms with van der Waals surface area (Å²) in [4.78, 5) is 33.0. The number of ether oxygens (including phenoxy) is 1. The number of carbonyl (C=O) groups excluding carboxylic acids is 2. The van der Waals surface area contributed by atoms with Crippen LogP contribution in [0.5, 0.6) is 0 Å². The van der Waals surface area contributed by atoms with Gasteiger partial charge in [0.15, 0.2) is 0 Å². The lowest BCUT2D eigenvalue weighted by Crippen LogP contribution is -2.27. The quantitative estimate of drug-likeness (QED) is 0.0520. The molecule has 0 aromatic heterocycles. The first kappa shape index (κ1) is 37.0. The molecule has 0 aromatic rings. The molecule has 10 heteroatoms. The standard InChI is InChI=1S/C29H50NO8P/c1-3-5-7-8-9-10-11-12-13-14-15-16-17-18-20-22-29(33)36-25-27(31)26-38-39(34,35)37-24-23-30-28(32)21-19-6-4-2/h5,7,9-10,12-13,15-16,27,31H,3-4,6,8,11,14,17-26H2,1-2H3,(H,30,32)(H,34,35)/b7-5-,10-9-,13-12-,16-15-. The summed E-state index contributed by atoms with van der Waals surface area (Å²) in [5.74, 6) is -0.593. The van der Waals surface area contributed by atoms with Crippen molar-refractivity contribution in [3.8, 4) is 0 Å². The molecule has 0 aromatic carbocycles. The molecule has 0 fully saturated rings. The van der Waals surface area contributed by atoms with Gasteiger partial charge in [-0.2, -0.15) is 0 Å². The lowest BCUT2D eigenvalue weighted by atomic mass is 10.2. The summed E-state index contributed by atoms with van der Waals surface area (Å²) in [6, 6.07) is 0. The zero-order valence-corrected chi connectivity index (χ0v) is 24.7. The Balaban J connectivity index is 3.76. The number of aliphatic hydroxyl groups is 1. The Morgan fingerprint density at radius 3 is 2.08 bits per heavy atom. The van der Waals surface area contributed by atoms with Crippen LogP contribution >= 0.6 is 7.82 Å². The Morgan fingerprint density at radius 1 is 0.821 bits per heavy atom. The second-order valence-corrected chi connectivity index (χ2v) is 10.4. The smallest absolute Gasteiger partial charge is 0.463 e. The maximum Gasteiger partial charge on any atom is 0.472 e. The van der Waals surface area contributed by atoms with Gasteiger partial charge in [0, 0.05) is 19.4 Å². The van der Waals surface area contributed by atoms with Crippen LogP contribution in [0, 0.1) is 0 Å². The van der Waals surface area contributed by atoms with E-state index in [1.54, 1.807) is 0 Å². The third-order valence-electron chi connectivity index (χ3n) is 5.27. The molecule has 0 rings (SSSR count). The number of unbranched alkanes of at least 4 members (excludes halogenated alkanes) is 4. The van der Waals surface area contributed by atoms with Gasteiger partial charge in [-0.15, -0.1) is 0 Å². The number of phosphoric ester groups is 1. The van der Waals surface area contributed by atoms with E-state index in [4.69, 9.17) is 13.8 Å². The summed E-state index contributed by atoms with van der Waals surface area (Å²) >= 11 is 0. The topological polar surface area (TPSA) is 131 Å². The fourth-order valence-corrected chi connectivity index (χ4v) is 3.89. The van der Waals surface area contributed by atoms with Crippen molar-refractivity contribution in [2.24, 2.45) is 0 Å². The average Bonchev–Trinajstić information content (AvgIpc) is 2.91. The van der Waals surface area contributed by atoms with Crippen molar-refractivity contribution in [1.82, 2.24) is 5.32 Å². The van der Waals surface area contributed by atoms with Crippen LogP contribution in [0.2, 0.25) is 0 Å². The van der Waals surface area contributed by atoms with Crippen molar-refractivity contribution in [3.05, 3.63) is 48.6 Å². The van der Waals surface area contributed by atoms with E-state index in [-0.39, 0.29) is 32.1 Å². The number of hydrogen-bond acceptors (Lipinski definition) is 7. The number of amides is 1. The molecule has 1 amide bonds. The molecule has 2 unspecified atom stereocenters. The molecule has 0 saturated heterocycles. The van der Waals surface area contributed by atoms with Gasteiger partial charge < -0.3 is 20.1 Å². The van der Waals surface area contributed by atoms with Gasteiger partial charge in [0.05, 0.1) is 13.2 Å². The summed E-state index contributed by atoms with van der Waals surface area (Å²) in [6.45, 7) is 3.15. The first-order valence-corrected chi connectivity index (χ1v) is 15.6. The molecule has 39 heavy (non-hydrogen) atoms. The molecule has 0 radical (unpaired) electrons. The molecule has 2 atom stereocenters. The van der Waals surface area contributed by atoms with Gasteiger partial charge in [-0.05, 0) is 51.4 Å². The van der Waals surface area contributed by atoms with E-state index < -0.39 is 26.5 Å². The lowest BCUT2D eigenvalue weighted by Gasteiger charge is -2.15. The Bertz CT molecular complexity index is 794. The maximum atomic E-state index is 11.8. The van der Waals surface area contributed by atoms with Crippen LogP contribution in [0.1, 0.15) is 90.9 Å². The van der Waals surface area contributed by atoms with Gasteiger partial charge in [0.2, 0.25) is 5.91 Å². The molecular formula is C29H50NO8P. The Labute approximate surface area is 235 Å². The van der Waals surface area contributed by atoms with E-state index in [0.29, 0.717) is 12.8 Å². The SMILES string of the molecule is CC/C=C\C/C=C\C/C=C\C/C=C\CCCCC(=O)OCC(O)COP(=O)(O)OCCNC(=O)CCCCC. The largest absolute Gasteiger partial charge is 0.472 e. The van der Waals surface area contributed by atoms with Crippen LogP contribution in [0.15, 0.2) is 48.6 Å². The first-order chi connectivity index (χ1) is 18.8. The summed E-state index contributed by atoms with van der Waals surface area (Å²) in [7, 11) is -4.39. The number of phosphoric acid groups is 1. The Kier molecular flexibility index (Phi) is 24.8. The van der Waals surface area contributed by atoms with Gasteiger partial charge >= 0.3 is 13.8 Å². The first-order valence-electron chi connectivity index (χ1n) is 14.1. The van der Waals surface area contributed by atoms with E-state index in [1.807, 2.05) is 6.92 Å². The van der Waals surface area contributed by atoms with Crippen LogP contribution in [-0.2, 0) is 27.9 Å². The van der Waals surface area contributed by atoms with Gasteiger partial charge in [0.1, 0.15) is 12.7 Å². The van der Waals surface area contributed by atoms with Gasteiger partial charge in [0.25, 0.3) is 0 Å². The predicted molar refractivity (Wildman–Crippen MR) is 155 cm³/mol. The van der Waals surface area contributed by atoms with Crippen molar-refractivity contribution in [2.45, 2.75) is 97.0 Å². The Morgan fingerprint density at radius 2 is 1.44 bits per heavy atom. The summed E-state index contributed by atoms with van der Waals surface area (Å²) in [5.41, 5.74) is 0. The molecule has 224 valence electrons. The number of rotatable bonds is 25. The molecule has 0 aliphatic carbocycles. The van der Waals surface area contributed by atoms with Crippen molar-refractivity contribution in [2.75, 3.05) is 26.4 Å². The van der Waals surface area contributed by atoms with Crippen molar-refractivity contribution in [1.29, 1.82) is 0 Å². The van der Waals surface area contributed by atoms with Gasteiger partial charge in [-0.25, -0.2) is 4.57 Å². The number of allylic oxidation sites excluding steroid dienone is 8. The summed E-state index contributed by atoms with van der Waals surface area (Å²) in [5, 5.41) is 12.4. The second-order valence-electron chi connectivity index (χ2n) is 8.99. The fraction of sp³-hybridized carbons (Fsp3) is 0.655. The molecule has 0 aliphatic heterocycles. The molecule has 9 nitrogen and oxygen atoms in total. The highest BCUT2D eigenvalue weighted by Gasteiger charge is 2.23. The molecule has 0 bridgehead atoms. The lowest BCUT2D eigenvalue weighted by molar-refractivity contribution is -0.147. The van der Waals surface area contributed by atoms with Gasteiger partial charge in [-0.1, -0.05) is 75.3 Å². The highest BCUT2D eigenvalue weighted by molar-refractivity contribution is 7.47. The highest BCUT2D eigenvalue weighted by Crippen LogP contribution is 2.42. The van der Waals surface area contributed by atoms with E-state index in [9.17, 15) is 24.2 Å². The number of esters is 1. The zero-order chi connectivity index (χ0) is 29.0. The molecule has 0 spiro atoms. The number of nitrogens with one attached hydrogen (secondary N) is 1. The van der Waals surface area contributed by atoms with Crippen LogP contribution in [0.25, 0.3) is 0 Å². The summed E-state index contributed by atoms with van der Waals surface area (Å²) < 4.78 is 26.3. The third-order valence-corrected chi connectivity index (χ3v) is 6.26. The molecular weight excluding hydrogens is 521 g/mol. The monoisotopic (exact) mass is 571 g/mol. The van der Waals surface area contributed by atoms with Crippen molar-refractivity contribution >= 4 is 19.7 Å². The minimum absolute atomic E-state index is 0.0708. The van der Waals surface area contributed by atoms with Crippen LogP contribution < -0.4 is 5.32 Å². The number of hydrogen-bond donors (Lipinski definition) is 3. The molecule has 3 N–H and O–H groups in total. The third kappa shape index (κ3) is 27.3. The van der Waals surface area contributed by atoms with E-state index >= 15 is 0 Å².